The number of nitrogens with zero attached hydrogens (tertiary/aromatic N) is 2. The first kappa shape index (κ1) is 17.4. The minimum Gasteiger partial charge on any atom is -0.335 e. The van der Waals surface area contributed by atoms with Gasteiger partial charge in [-0.25, -0.2) is 9.18 Å². The number of halogens is 1. The number of hydrogen-bond donors (Lipinski definition) is 2. The highest BCUT2D eigenvalue weighted by Gasteiger charge is 2.20. The van der Waals surface area contributed by atoms with Crippen LogP contribution in [0, 0.1) is 5.82 Å². The lowest BCUT2D eigenvalue weighted by molar-refractivity contribution is 0.197. The van der Waals surface area contributed by atoms with E-state index in [2.05, 4.69) is 44.8 Å². The van der Waals surface area contributed by atoms with Crippen LogP contribution in [-0.2, 0) is 6.42 Å². The maximum atomic E-state index is 13.5. The maximum absolute atomic E-state index is 13.5. The van der Waals surface area contributed by atoms with Crippen LogP contribution in [0.4, 0.5) is 14.9 Å². The zero-order valence-corrected chi connectivity index (χ0v) is 14.1. The standard InChI is InChI=1S/C19H23FN4O/c20-17-14-21-10-6-18(17)23-19(25)22-16-8-12-24(13-9-16)11-7-15-4-2-1-3-5-15/h1-6,10,14,16H,7-9,11-13H2,(H2,21,22,23,25). The van der Waals surface area contributed by atoms with Crippen molar-refractivity contribution >= 4 is 11.7 Å². The number of carbonyl (C=O) groups is 1. The number of urea groups is 1. The van der Waals surface area contributed by atoms with E-state index in [1.807, 2.05) is 6.07 Å². The van der Waals surface area contributed by atoms with Crippen molar-refractivity contribution in [1.29, 1.82) is 0 Å². The Hall–Kier alpha value is -2.47. The molecular weight excluding hydrogens is 319 g/mol. The van der Waals surface area contributed by atoms with Crippen molar-refractivity contribution in [3.63, 3.8) is 0 Å². The van der Waals surface area contributed by atoms with Gasteiger partial charge in [-0.1, -0.05) is 30.3 Å². The number of benzene rings is 1. The zero-order valence-electron chi connectivity index (χ0n) is 14.1. The predicted molar refractivity (Wildman–Crippen MR) is 96.0 cm³/mol. The van der Waals surface area contributed by atoms with Gasteiger partial charge in [-0.05, 0) is 30.9 Å². The molecule has 2 heterocycles. The molecule has 2 N–H and O–H groups in total. The van der Waals surface area contributed by atoms with Crippen molar-refractivity contribution in [2.24, 2.45) is 0 Å². The molecular formula is C19H23FN4O. The fourth-order valence-corrected chi connectivity index (χ4v) is 3.05. The third-order valence-corrected chi connectivity index (χ3v) is 4.50. The Balaban J connectivity index is 1.39. The summed E-state index contributed by atoms with van der Waals surface area (Å²) in [7, 11) is 0. The zero-order chi connectivity index (χ0) is 17.5. The van der Waals surface area contributed by atoms with E-state index in [1.165, 1.54) is 17.8 Å². The highest BCUT2D eigenvalue weighted by molar-refractivity contribution is 5.89. The molecule has 1 fully saturated rings. The summed E-state index contributed by atoms with van der Waals surface area (Å²) < 4.78 is 13.5. The summed E-state index contributed by atoms with van der Waals surface area (Å²) in [5.74, 6) is -0.534. The summed E-state index contributed by atoms with van der Waals surface area (Å²) in [5.41, 5.74) is 1.49. The number of hydrogen-bond acceptors (Lipinski definition) is 3. The van der Waals surface area contributed by atoms with Crippen molar-refractivity contribution < 1.29 is 9.18 Å². The first-order valence-electron chi connectivity index (χ1n) is 8.64. The molecule has 1 aromatic carbocycles. The molecule has 132 valence electrons. The van der Waals surface area contributed by atoms with Crippen molar-refractivity contribution in [3.8, 4) is 0 Å². The number of carbonyl (C=O) groups excluding carboxylic acids is 1. The van der Waals surface area contributed by atoms with Gasteiger partial charge >= 0.3 is 6.03 Å². The lowest BCUT2D eigenvalue weighted by atomic mass is 10.0. The van der Waals surface area contributed by atoms with Gasteiger partial charge in [-0.2, -0.15) is 0 Å². The molecule has 1 aromatic heterocycles. The molecule has 0 aliphatic carbocycles. The van der Waals surface area contributed by atoms with E-state index >= 15 is 0 Å². The van der Waals surface area contributed by atoms with Gasteiger partial charge in [0.1, 0.15) is 0 Å². The van der Waals surface area contributed by atoms with Crippen LogP contribution < -0.4 is 10.6 Å². The molecule has 0 atom stereocenters. The number of nitrogens with one attached hydrogen (secondary N) is 2. The summed E-state index contributed by atoms with van der Waals surface area (Å²) >= 11 is 0. The van der Waals surface area contributed by atoms with E-state index in [9.17, 15) is 9.18 Å². The molecule has 0 bridgehead atoms. The van der Waals surface area contributed by atoms with Crippen LogP contribution in [0.5, 0.6) is 0 Å². The van der Waals surface area contributed by atoms with Crippen LogP contribution >= 0.6 is 0 Å². The van der Waals surface area contributed by atoms with Gasteiger partial charge in [0.15, 0.2) is 5.82 Å². The first-order chi connectivity index (χ1) is 12.2. The van der Waals surface area contributed by atoms with Gasteiger partial charge < -0.3 is 15.5 Å². The molecule has 25 heavy (non-hydrogen) atoms. The lowest BCUT2D eigenvalue weighted by Crippen LogP contribution is -2.46. The van der Waals surface area contributed by atoms with E-state index in [1.54, 1.807) is 0 Å². The third kappa shape index (κ3) is 5.26. The average molecular weight is 342 g/mol. The third-order valence-electron chi connectivity index (χ3n) is 4.50. The summed E-state index contributed by atoms with van der Waals surface area (Å²) in [6.07, 6.45) is 5.38. The molecule has 1 aliphatic rings. The molecule has 0 spiro atoms. The first-order valence-corrected chi connectivity index (χ1v) is 8.64. The second-order valence-corrected chi connectivity index (χ2v) is 6.31. The minimum atomic E-state index is -0.534. The fourth-order valence-electron chi connectivity index (χ4n) is 3.05. The largest absolute Gasteiger partial charge is 0.335 e. The summed E-state index contributed by atoms with van der Waals surface area (Å²) in [6.45, 7) is 2.95. The van der Waals surface area contributed by atoms with Crippen LogP contribution in [0.1, 0.15) is 18.4 Å². The molecule has 0 saturated carbocycles. The van der Waals surface area contributed by atoms with Crippen molar-refractivity contribution in [3.05, 3.63) is 60.2 Å². The minimum absolute atomic E-state index is 0.123. The number of likely N-dealkylation sites (tertiary alicyclic amines) is 1. The highest BCUT2D eigenvalue weighted by Crippen LogP contribution is 2.13. The van der Waals surface area contributed by atoms with Gasteiger partial charge in [-0.3, -0.25) is 4.98 Å². The van der Waals surface area contributed by atoms with Crippen LogP contribution in [-0.4, -0.2) is 41.6 Å². The Labute approximate surface area is 147 Å². The molecule has 6 heteroatoms. The smallest absolute Gasteiger partial charge is 0.319 e. The Bertz CT molecular complexity index is 687. The number of anilines is 1. The van der Waals surface area contributed by atoms with Gasteiger partial charge in [0.05, 0.1) is 11.9 Å². The van der Waals surface area contributed by atoms with E-state index < -0.39 is 5.82 Å². The second-order valence-electron chi connectivity index (χ2n) is 6.31. The normalized spacial score (nSPS) is 15.7. The van der Waals surface area contributed by atoms with Crippen LogP contribution in [0.3, 0.4) is 0 Å². The number of amides is 2. The summed E-state index contributed by atoms with van der Waals surface area (Å²) in [5, 5.41) is 5.46. The maximum Gasteiger partial charge on any atom is 0.319 e. The summed E-state index contributed by atoms with van der Waals surface area (Å²) in [6, 6.07) is 11.7. The van der Waals surface area contributed by atoms with Crippen LogP contribution in [0.15, 0.2) is 48.8 Å². The predicted octanol–water partition coefficient (Wildman–Crippen LogP) is 3.05. The number of piperidine rings is 1. The summed E-state index contributed by atoms with van der Waals surface area (Å²) in [4.78, 5) is 18.1. The fraction of sp³-hybridized carbons (Fsp3) is 0.368. The van der Waals surface area contributed by atoms with Gasteiger partial charge in [-0.15, -0.1) is 0 Å². The number of pyridine rings is 1. The van der Waals surface area contributed by atoms with Crippen LogP contribution in [0.25, 0.3) is 0 Å². The van der Waals surface area contributed by atoms with Crippen molar-refractivity contribution in [2.45, 2.75) is 25.3 Å². The van der Waals surface area contributed by atoms with Gasteiger partial charge in [0, 0.05) is 31.9 Å². The second kappa shape index (κ2) is 8.58. The molecule has 1 saturated heterocycles. The molecule has 0 radical (unpaired) electrons. The molecule has 0 unspecified atom stereocenters. The number of rotatable bonds is 5. The number of aromatic nitrogens is 1. The topological polar surface area (TPSA) is 57.3 Å². The molecule has 2 amide bonds. The Morgan fingerprint density at radius 3 is 2.68 bits per heavy atom. The van der Waals surface area contributed by atoms with Crippen molar-refractivity contribution in [1.82, 2.24) is 15.2 Å². The molecule has 5 nitrogen and oxygen atoms in total. The molecule has 2 aromatic rings. The monoisotopic (exact) mass is 342 g/mol. The highest BCUT2D eigenvalue weighted by atomic mass is 19.1. The Morgan fingerprint density at radius 1 is 1.20 bits per heavy atom. The van der Waals surface area contributed by atoms with Crippen LogP contribution in [0.2, 0.25) is 0 Å². The van der Waals surface area contributed by atoms with E-state index in [-0.39, 0.29) is 17.8 Å². The van der Waals surface area contributed by atoms with Gasteiger partial charge in [0.25, 0.3) is 0 Å². The Kier molecular flexibility index (Phi) is 5.95. The van der Waals surface area contributed by atoms with E-state index in [4.69, 9.17) is 0 Å². The Morgan fingerprint density at radius 2 is 1.96 bits per heavy atom. The van der Waals surface area contributed by atoms with E-state index in [0.29, 0.717) is 0 Å². The quantitative estimate of drug-likeness (QED) is 0.878. The van der Waals surface area contributed by atoms with Crippen molar-refractivity contribution in [2.75, 3.05) is 25.0 Å². The lowest BCUT2D eigenvalue weighted by Gasteiger charge is -2.32. The van der Waals surface area contributed by atoms with E-state index in [0.717, 1.165) is 45.1 Å². The van der Waals surface area contributed by atoms with Gasteiger partial charge in [0.2, 0.25) is 0 Å². The molecule has 3 rings (SSSR count). The SMILES string of the molecule is O=C(Nc1ccncc1F)NC1CCN(CCc2ccccc2)CC1. The molecule has 1 aliphatic heterocycles. The average Bonchev–Trinajstić information content (AvgIpc) is 2.64.